The zero-order valence-corrected chi connectivity index (χ0v) is 17.2. The van der Waals surface area contributed by atoms with E-state index in [9.17, 15) is 4.79 Å². The van der Waals surface area contributed by atoms with E-state index in [1.165, 1.54) is 0 Å². The van der Waals surface area contributed by atoms with Gasteiger partial charge in [-0.2, -0.15) is 10.4 Å². The fraction of sp³-hybridized carbons (Fsp3) is 0.261. The van der Waals surface area contributed by atoms with Gasteiger partial charge in [-0.25, -0.2) is 4.68 Å². The van der Waals surface area contributed by atoms with Gasteiger partial charge in [0.1, 0.15) is 6.54 Å². The van der Waals surface area contributed by atoms with E-state index in [0.29, 0.717) is 17.8 Å². The average Bonchev–Trinajstić information content (AvgIpc) is 3.02. The van der Waals surface area contributed by atoms with E-state index >= 15 is 0 Å². The number of hydrogen-bond donors (Lipinski definition) is 2. The lowest BCUT2D eigenvalue weighted by atomic mass is 10.1. The van der Waals surface area contributed by atoms with Crippen LogP contribution in [0.5, 0.6) is 0 Å². The molecule has 0 aliphatic rings. The summed E-state index contributed by atoms with van der Waals surface area (Å²) in [6, 6.07) is 18.8. The molecule has 2 N–H and O–H groups in total. The van der Waals surface area contributed by atoms with Gasteiger partial charge in [0.25, 0.3) is 5.91 Å². The summed E-state index contributed by atoms with van der Waals surface area (Å²) in [6.45, 7) is 6.70. The number of nitriles is 1. The zero-order valence-electron chi connectivity index (χ0n) is 17.2. The molecule has 6 nitrogen and oxygen atoms in total. The number of aryl methyl sites for hydroxylation is 1. The number of carbonyl (C=O) groups is 1. The summed E-state index contributed by atoms with van der Waals surface area (Å²) in [7, 11) is 2.02. The Morgan fingerprint density at radius 1 is 1.17 bits per heavy atom. The van der Waals surface area contributed by atoms with Gasteiger partial charge >= 0.3 is 0 Å². The maximum Gasteiger partial charge on any atom is 0.282 e. The molecule has 0 aliphatic heterocycles. The van der Waals surface area contributed by atoms with E-state index in [4.69, 9.17) is 10.4 Å². The number of rotatable bonds is 6. The molecule has 0 fully saturated rings. The van der Waals surface area contributed by atoms with E-state index in [1.54, 1.807) is 24.3 Å². The minimum Gasteiger partial charge on any atom is -0.324 e. The van der Waals surface area contributed by atoms with Crippen LogP contribution in [0.4, 0.5) is 5.69 Å². The number of quaternary nitrogens is 1. The molecule has 1 amide bonds. The number of anilines is 1. The summed E-state index contributed by atoms with van der Waals surface area (Å²) in [6.07, 6.45) is 0. The Morgan fingerprint density at radius 2 is 1.83 bits per heavy atom. The average molecular weight is 388 g/mol. The highest BCUT2D eigenvalue weighted by atomic mass is 16.2. The van der Waals surface area contributed by atoms with E-state index in [-0.39, 0.29) is 11.9 Å². The number of aromatic nitrogens is 2. The second-order valence-electron chi connectivity index (χ2n) is 7.32. The van der Waals surface area contributed by atoms with Gasteiger partial charge in [0, 0.05) is 5.69 Å². The molecule has 0 aliphatic carbocycles. The van der Waals surface area contributed by atoms with Crippen LogP contribution in [0.3, 0.4) is 0 Å². The zero-order chi connectivity index (χ0) is 21.0. The number of nitrogens with one attached hydrogen (secondary N) is 2. The Balaban J connectivity index is 1.70. The van der Waals surface area contributed by atoms with Crippen LogP contribution in [0.1, 0.15) is 29.4 Å². The third-order valence-corrected chi connectivity index (χ3v) is 5.31. The summed E-state index contributed by atoms with van der Waals surface area (Å²) >= 11 is 0. The van der Waals surface area contributed by atoms with E-state index in [1.807, 2.05) is 55.9 Å². The number of likely N-dealkylation sites (N-methyl/N-ethyl adjacent to an activating group) is 1. The Morgan fingerprint density at radius 3 is 2.45 bits per heavy atom. The summed E-state index contributed by atoms with van der Waals surface area (Å²) in [4.78, 5) is 13.8. The number of carbonyl (C=O) groups excluding carboxylic acids is 1. The van der Waals surface area contributed by atoms with E-state index < -0.39 is 0 Å². The predicted octanol–water partition coefficient (Wildman–Crippen LogP) is 2.40. The lowest BCUT2D eigenvalue weighted by molar-refractivity contribution is -0.907. The lowest BCUT2D eigenvalue weighted by Crippen LogP contribution is -3.12. The molecule has 1 aromatic heterocycles. The molecule has 3 aromatic rings. The first-order valence-electron chi connectivity index (χ1n) is 9.64. The normalized spacial score (nSPS) is 12.8. The van der Waals surface area contributed by atoms with Gasteiger partial charge < -0.3 is 10.2 Å². The molecule has 2 atom stereocenters. The topological polar surface area (TPSA) is 75.2 Å². The Hall–Kier alpha value is -3.43. The van der Waals surface area contributed by atoms with Crippen LogP contribution in [0.25, 0.3) is 5.69 Å². The van der Waals surface area contributed by atoms with Crippen molar-refractivity contribution in [2.45, 2.75) is 33.4 Å². The van der Waals surface area contributed by atoms with Gasteiger partial charge in [-0.3, -0.25) is 4.79 Å². The number of para-hydroxylation sites is 1. The van der Waals surface area contributed by atoms with Gasteiger partial charge in [0.15, 0.2) is 6.04 Å². The highest BCUT2D eigenvalue weighted by Gasteiger charge is 2.25. The number of nitrogens with zero attached hydrogens (tertiary/aromatic N) is 3. The Labute approximate surface area is 171 Å². The van der Waals surface area contributed by atoms with Crippen LogP contribution < -0.4 is 10.2 Å². The molecule has 0 radical (unpaired) electrons. The first-order chi connectivity index (χ1) is 13.9. The van der Waals surface area contributed by atoms with E-state index in [0.717, 1.165) is 27.5 Å². The Bertz CT molecular complexity index is 1030. The minimum absolute atomic E-state index is 0.0574. The van der Waals surface area contributed by atoms with Crippen LogP contribution in [-0.2, 0) is 11.3 Å². The van der Waals surface area contributed by atoms with Crippen LogP contribution in [-0.4, -0.2) is 28.8 Å². The van der Waals surface area contributed by atoms with Crippen molar-refractivity contribution in [3.05, 3.63) is 77.1 Å². The van der Waals surface area contributed by atoms with Crippen LogP contribution in [0.2, 0.25) is 0 Å². The van der Waals surface area contributed by atoms with Crippen molar-refractivity contribution in [1.29, 1.82) is 5.26 Å². The molecule has 6 heteroatoms. The third-order valence-electron chi connectivity index (χ3n) is 5.31. The van der Waals surface area contributed by atoms with Crippen molar-refractivity contribution < 1.29 is 9.69 Å². The number of benzene rings is 2. The highest BCUT2D eigenvalue weighted by molar-refractivity contribution is 5.93. The van der Waals surface area contributed by atoms with Crippen molar-refractivity contribution in [2.75, 3.05) is 12.4 Å². The summed E-state index contributed by atoms with van der Waals surface area (Å²) in [5, 5.41) is 16.5. The third kappa shape index (κ3) is 4.53. The summed E-state index contributed by atoms with van der Waals surface area (Å²) < 4.78 is 1.96. The summed E-state index contributed by atoms with van der Waals surface area (Å²) in [5.41, 5.74) is 5.52. The molecule has 148 valence electrons. The summed E-state index contributed by atoms with van der Waals surface area (Å²) in [5.74, 6) is -0.0574. The monoisotopic (exact) mass is 388 g/mol. The van der Waals surface area contributed by atoms with Gasteiger partial charge in [0.05, 0.1) is 41.3 Å². The first-order valence-corrected chi connectivity index (χ1v) is 9.64. The second-order valence-corrected chi connectivity index (χ2v) is 7.32. The van der Waals surface area contributed by atoms with Crippen molar-refractivity contribution >= 4 is 11.6 Å². The van der Waals surface area contributed by atoms with Gasteiger partial charge in [-0.05, 0) is 57.2 Å². The molecular weight excluding hydrogens is 362 g/mol. The van der Waals surface area contributed by atoms with Crippen molar-refractivity contribution in [3.63, 3.8) is 0 Å². The molecule has 1 unspecified atom stereocenters. The van der Waals surface area contributed by atoms with Crippen LogP contribution in [0.15, 0.2) is 54.6 Å². The molecule has 0 spiro atoms. The molecule has 3 rings (SSSR count). The van der Waals surface area contributed by atoms with Crippen molar-refractivity contribution in [2.24, 2.45) is 0 Å². The first kappa shape index (κ1) is 20.3. The van der Waals surface area contributed by atoms with Gasteiger partial charge in [-0.15, -0.1) is 0 Å². The number of amides is 1. The lowest BCUT2D eigenvalue weighted by Gasteiger charge is -2.21. The molecule has 2 aromatic carbocycles. The number of hydrogen-bond acceptors (Lipinski definition) is 3. The highest BCUT2D eigenvalue weighted by Crippen LogP contribution is 2.17. The maximum absolute atomic E-state index is 12.7. The van der Waals surface area contributed by atoms with Gasteiger partial charge in [0.2, 0.25) is 0 Å². The molecule has 0 bridgehead atoms. The quantitative estimate of drug-likeness (QED) is 0.681. The molecule has 1 heterocycles. The van der Waals surface area contributed by atoms with E-state index in [2.05, 4.69) is 18.3 Å². The van der Waals surface area contributed by atoms with Crippen LogP contribution in [0, 0.1) is 25.2 Å². The SMILES string of the molecule is Cc1nn(-c2ccccc2)c(C)c1C[NH+](C)[C@H](C)C(=O)Nc1ccc(C#N)cc1. The maximum atomic E-state index is 12.7. The molecular formula is C23H26N5O+. The van der Waals surface area contributed by atoms with Crippen LogP contribution >= 0.6 is 0 Å². The van der Waals surface area contributed by atoms with Crippen molar-refractivity contribution in [1.82, 2.24) is 9.78 Å². The molecule has 0 saturated heterocycles. The minimum atomic E-state index is -0.246. The predicted molar refractivity (Wildman–Crippen MR) is 113 cm³/mol. The van der Waals surface area contributed by atoms with Crippen molar-refractivity contribution in [3.8, 4) is 11.8 Å². The van der Waals surface area contributed by atoms with Gasteiger partial charge in [-0.1, -0.05) is 18.2 Å². The fourth-order valence-electron chi connectivity index (χ4n) is 3.29. The smallest absolute Gasteiger partial charge is 0.282 e. The fourth-order valence-corrected chi connectivity index (χ4v) is 3.29. The second kappa shape index (κ2) is 8.72. The standard InChI is InChI=1S/C23H25N5O/c1-16-22(17(2)28(26-16)21-8-6-5-7-9-21)15-27(4)18(3)23(29)25-20-12-10-19(14-24)11-13-20/h5-13,18H,15H2,1-4H3,(H,25,29)/p+1/t18-/m1/s1. The molecule has 0 saturated carbocycles. The largest absolute Gasteiger partial charge is 0.324 e. The molecule has 29 heavy (non-hydrogen) atoms. The Kier molecular flexibility index (Phi) is 6.10.